The molecular weight excluding hydrogens is 444 g/mol. The SMILES string of the molecule is C=C[C@H]1CN(S(C)(=O)=O)CC[C@@H]1Nc1ncc2cc(CC(N)=O)c(=O)n(C3CCCC3)c2n1. The van der Waals surface area contributed by atoms with Crippen LogP contribution in [0.2, 0.25) is 0 Å². The zero-order valence-electron chi connectivity index (χ0n) is 18.7. The minimum atomic E-state index is -3.27. The molecule has 11 heteroatoms. The summed E-state index contributed by atoms with van der Waals surface area (Å²) < 4.78 is 27.0. The normalized spacial score (nSPS) is 22.5. The standard InChI is InChI=1S/C22H30N6O4S/c1-3-14-13-27(33(2,31)32)9-8-18(14)25-22-24-12-16-10-15(11-19(23)29)21(30)28(20(16)26-22)17-6-4-5-7-17/h3,10,12,14,17-18H,1,4-9,11,13H2,2H3,(H2,23,29)(H,24,25,26)/t14-,18-/m0/s1. The monoisotopic (exact) mass is 474 g/mol. The first-order valence-corrected chi connectivity index (χ1v) is 13.1. The van der Waals surface area contributed by atoms with E-state index in [9.17, 15) is 18.0 Å². The lowest BCUT2D eigenvalue weighted by Crippen LogP contribution is -2.47. The Balaban J connectivity index is 1.69. The van der Waals surface area contributed by atoms with Gasteiger partial charge in [0.25, 0.3) is 5.56 Å². The summed E-state index contributed by atoms with van der Waals surface area (Å²) >= 11 is 0. The Morgan fingerprint density at radius 2 is 2.06 bits per heavy atom. The number of carbonyl (C=O) groups is 1. The molecule has 0 spiro atoms. The number of nitrogens with zero attached hydrogens (tertiary/aromatic N) is 4. The van der Waals surface area contributed by atoms with Crippen LogP contribution in [0, 0.1) is 5.92 Å². The topological polar surface area (TPSA) is 140 Å². The number of hydrogen-bond acceptors (Lipinski definition) is 7. The molecule has 4 rings (SSSR count). The number of aromatic nitrogens is 3. The van der Waals surface area contributed by atoms with Crippen LogP contribution in [0.5, 0.6) is 0 Å². The second-order valence-electron chi connectivity index (χ2n) is 8.96. The molecule has 0 unspecified atom stereocenters. The van der Waals surface area contributed by atoms with E-state index in [2.05, 4.69) is 21.9 Å². The molecule has 33 heavy (non-hydrogen) atoms. The van der Waals surface area contributed by atoms with Gasteiger partial charge in [0.2, 0.25) is 21.9 Å². The van der Waals surface area contributed by atoms with Gasteiger partial charge in [-0.05, 0) is 25.3 Å². The largest absolute Gasteiger partial charge is 0.369 e. The van der Waals surface area contributed by atoms with Crippen molar-refractivity contribution in [3.8, 4) is 0 Å². The Morgan fingerprint density at radius 1 is 1.33 bits per heavy atom. The Morgan fingerprint density at radius 3 is 2.70 bits per heavy atom. The fourth-order valence-electron chi connectivity index (χ4n) is 4.90. The first-order chi connectivity index (χ1) is 15.7. The lowest BCUT2D eigenvalue weighted by atomic mass is 9.93. The van der Waals surface area contributed by atoms with Crippen LogP contribution < -0.4 is 16.6 Å². The minimum absolute atomic E-state index is 0.0227. The zero-order valence-corrected chi connectivity index (χ0v) is 19.6. The lowest BCUT2D eigenvalue weighted by molar-refractivity contribution is -0.117. The van der Waals surface area contributed by atoms with Crippen molar-refractivity contribution in [1.29, 1.82) is 0 Å². The molecule has 1 saturated heterocycles. The average molecular weight is 475 g/mol. The second-order valence-corrected chi connectivity index (χ2v) is 10.9. The zero-order chi connectivity index (χ0) is 23.8. The summed E-state index contributed by atoms with van der Waals surface area (Å²) in [6, 6.07) is 1.59. The van der Waals surface area contributed by atoms with E-state index in [0.717, 1.165) is 25.7 Å². The molecule has 2 atom stereocenters. The number of carbonyl (C=O) groups excluding carboxylic acids is 1. The Bertz CT molecular complexity index is 1240. The summed E-state index contributed by atoms with van der Waals surface area (Å²) in [5.41, 5.74) is 6.00. The molecule has 2 fully saturated rings. The van der Waals surface area contributed by atoms with Gasteiger partial charge in [0.1, 0.15) is 5.65 Å². The van der Waals surface area contributed by atoms with E-state index in [1.54, 1.807) is 22.9 Å². The third-order valence-electron chi connectivity index (χ3n) is 6.61. The van der Waals surface area contributed by atoms with Gasteiger partial charge in [-0.3, -0.25) is 14.2 Å². The van der Waals surface area contributed by atoms with E-state index in [4.69, 9.17) is 5.73 Å². The van der Waals surface area contributed by atoms with Gasteiger partial charge in [0.05, 0.1) is 12.7 Å². The highest BCUT2D eigenvalue weighted by atomic mass is 32.2. The van der Waals surface area contributed by atoms with Gasteiger partial charge < -0.3 is 11.1 Å². The van der Waals surface area contributed by atoms with Crippen molar-refractivity contribution in [1.82, 2.24) is 18.8 Å². The smallest absolute Gasteiger partial charge is 0.256 e. The molecule has 0 aromatic carbocycles. The quantitative estimate of drug-likeness (QED) is 0.574. The number of hydrogen-bond donors (Lipinski definition) is 2. The summed E-state index contributed by atoms with van der Waals surface area (Å²) in [6.45, 7) is 4.61. The predicted molar refractivity (Wildman–Crippen MR) is 126 cm³/mol. The summed E-state index contributed by atoms with van der Waals surface area (Å²) in [5.74, 6) is -0.289. The molecule has 1 aliphatic heterocycles. The fourth-order valence-corrected chi connectivity index (χ4v) is 5.78. The van der Waals surface area contributed by atoms with E-state index >= 15 is 0 Å². The molecule has 1 saturated carbocycles. The maximum absolute atomic E-state index is 13.2. The molecule has 1 aliphatic carbocycles. The molecule has 3 N–H and O–H groups in total. The molecular formula is C22H30N6O4S. The van der Waals surface area contributed by atoms with Crippen molar-refractivity contribution >= 4 is 32.9 Å². The van der Waals surface area contributed by atoms with E-state index in [1.807, 2.05) is 0 Å². The van der Waals surface area contributed by atoms with Gasteiger partial charge in [-0.15, -0.1) is 6.58 Å². The molecule has 178 valence electrons. The number of piperidine rings is 1. The van der Waals surface area contributed by atoms with E-state index in [1.165, 1.54) is 10.6 Å². The lowest BCUT2D eigenvalue weighted by Gasteiger charge is -2.36. The first-order valence-electron chi connectivity index (χ1n) is 11.2. The number of pyridine rings is 1. The summed E-state index contributed by atoms with van der Waals surface area (Å²) in [7, 11) is -3.27. The number of fused-ring (bicyclic) bond motifs is 1. The predicted octanol–water partition coefficient (Wildman–Crippen LogP) is 1.18. The van der Waals surface area contributed by atoms with Crippen molar-refractivity contribution in [2.45, 2.75) is 50.6 Å². The van der Waals surface area contributed by atoms with E-state index in [0.29, 0.717) is 42.1 Å². The van der Waals surface area contributed by atoms with Crippen LogP contribution in [0.3, 0.4) is 0 Å². The molecule has 1 amide bonds. The molecule has 2 aliphatic rings. The van der Waals surface area contributed by atoms with Gasteiger partial charge in [-0.25, -0.2) is 17.7 Å². The number of anilines is 1. The van der Waals surface area contributed by atoms with Crippen LogP contribution in [0.15, 0.2) is 29.7 Å². The van der Waals surface area contributed by atoms with E-state index < -0.39 is 15.9 Å². The molecule has 2 aromatic rings. The summed E-state index contributed by atoms with van der Waals surface area (Å²) in [5, 5.41) is 4.00. The second kappa shape index (κ2) is 9.22. The molecule has 2 aromatic heterocycles. The molecule has 0 radical (unpaired) electrons. The summed E-state index contributed by atoms with van der Waals surface area (Å²) in [6.07, 6.45) is 8.90. The van der Waals surface area contributed by atoms with Crippen molar-refractivity contribution in [3.05, 3.63) is 40.8 Å². The third-order valence-corrected chi connectivity index (χ3v) is 7.88. The highest BCUT2D eigenvalue weighted by Crippen LogP contribution is 2.31. The van der Waals surface area contributed by atoms with Crippen LogP contribution in [0.25, 0.3) is 11.0 Å². The van der Waals surface area contributed by atoms with Gasteiger partial charge in [-0.2, -0.15) is 4.98 Å². The van der Waals surface area contributed by atoms with Gasteiger partial charge in [0.15, 0.2) is 0 Å². The van der Waals surface area contributed by atoms with Crippen molar-refractivity contribution in [2.24, 2.45) is 11.7 Å². The van der Waals surface area contributed by atoms with E-state index in [-0.39, 0.29) is 30.0 Å². The maximum atomic E-state index is 13.2. The fraction of sp³-hybridized carbons (Fsp3) is 0.545. The van der Waals surface area contributed by atoms with Crippen molar-refractivity contribution in [3.63, 3.8) is 0 Å². The van der Waals surface area contributed by atoms with Crippen LogP contribution in [-0.4, -0.2) is 58.6 Å². The number of rotatable bonds is 7. The molecule has 3 heterocycles. The van der Waals surface area contributed by atoms with Gasteiger partial charge >= 0.3 is 0 Å². The molecule has 10 nitrogen and oxygen atoms in total. The van der Waals surface area contributed by atoms with Gasteiger partial charge in [-0.1, -0.05) is 18.9 Å². The number of primary amides is 1. The van der Waals surface area contributed by atoms with Gasteiger partial charge in [0, 0.05) is 48.2 Å². The highest BCUT2D eigenvalue weighted by molar-refractivity contribution is 7.88. The van der Waals surface area contributed by atoms with Crippen molar-refractivity contribution < 1.29 is 13.2 Å². The molecule has 0 bridgehead atoms. The maximum Gasteiger partial charge on any atom is 0.256 e. The number of nitrogens with two attached hydrogens (primary N) is 1. The highest BCUT2D eigenvalue weighted by Gasteiger charge is 2.32. The van der Waals surface area contributed by atoms with Crippen LogP contribution in [0.1, 0.15) is 43.7 Å². The first kappa shape index (κ1) is 23.4. The Labute approximate surface area is 192 Å². The number of sulfonamides is 1. The number of nitrogens with one attached hydrogen (secondary N) is 1. The number of amides is 1. The Kier molecular flexibility index (Phi) is 6.53. The van der Waals surface area contributed by atoms with Crippen molar-refractivity contribution in [2.75, 3.05) is 24.7 Å². The van der Waals surface area contributed by atoms with Crippen LogP contribution in [0.4, 0.5) is 5.95 Å². The van der Waals surface area contributed by atoms with Crippen LogP contribution in [-0.2, 0) is 21.2 Å². The third kappa shape index (κ3) is 4.93. The average Bonchev–Trinajstić information content (AvgIpc) is 3.28. The minimum Gasteiger partial charge on any atom is -0.369 e. The Hall–Kier alpha value is -2.79. The van der Waals surface area contributed by atoms with Crippen LogP contribution >= 0.6 is 0 Å². The summed E-state index contributed by atoms with van der Waals surface area (Å²) in [4.78, 5) is 33.9.